The third-order valence-corrected chi connectivity index (χ3v) is 4.23. The van der Waals surface area contributed by atoms with E-state index in [1.807, 2.05) is 12.1 Å². The summed E-state index contributed by atoms with van der Waals surface area (Å²) < 4.78 is 5.30. The maximum Gasteiger partial charge on any atom is 0.315 e. The van der Waals surface area contributed by atoms with Crippen LogP contribution in [-0.4, -0.2) is 22.1 Å². The van der Waals surface area contributed by atoms with Gasteiger partial charge in [0.25, 0.3) is 0 Å². The number of thiazole rings is 1. The lowest BCUT2D eigenvalue weighted by Gasteiger charge is -2.16. The lowest BCUT2D eigenvalue weighted by atomic mass is 9.90. The van der Waals surface area contributed by atoms with Gasteiger partial charge in [0.05, 0.1) is 12.0 Å². The quantitative estimate of drug-likeness (QED) is 0.818. The Hall–Kier alpha value is -1.82. The zero-order valence-electron chi connectivity index (χ0n) is 12.4. The molecule has 0 aromatic carbocycles. The van der Waals surface area contributed by atoms with Crippen LogP contribution < -0.4 is 5.32 Å². The molecule has 21 heavy (non-hydrogen) atoms. The number of anilines is 1. The number of aryl methyl sites for hydroxylation is 1. The van der Waals surface area contributed by atoms with E-state index in [-0.39, 0.29) is 6.04 Å². The number of carbonyl (C=O) groups is 1. The van der Waals surface area contributed by atoms with Crippen LogP contribution in [0.3, 0.4) is 0 Å². The van der Waals surface area contributed by atoms with Gasteiger partial charge in [-0.3, -0.25) is 4.79 Å². The van der Waals surface area contributed by atoms with Crippen molar-refractivity contribution in [3.05, 3.63) is 35.2 Å². The summed E-state index contributed by atoms with van der Waals surface area (Å²) in [6.07, 6.45) is 3.46. The second-order valence-corrected chi connectivity index (χ2v) is 6.49. The minimum absolute atomic E-state index is 0.238. The first-order valence-corrected chi connectivity index (χ1v) is 7.76. The summed E-state index contributed by atoms with van der Waals surface area (Å²) in [5, 5.41) is 15.1. The van der Waals surface area contributed by atoms with Crippen LogP contribution in [0.4, 0.5) is 5.13 Å². The molecule has 5 nitrogen and oxygen atoms in total. The number of carboxylic acids is 1. The molecule has 6 heteroatoms. The first-order chi connectivity index (χ1) is 9.89. The predicted molar refractivity (Wildman–Crippen MR) is 82.9 cm³/mol. The van der Waals surface area contributed by atoms with Crippen molar-refractivity contribution < 1.29 is 14.3 Å². The van der Waals surface area contributed by atoms with Gasteiger partial charge in [0, 0.05) is 17.8 Å². The van der Waals surface area contributed by atoms with E-state index in [4.69, 9.17) is 4.42 Å². The highest BCUT2D eigenvalue weighted by Crippen LogP contribution is 2.27. The molecule has 0 saturated heterocycles. The van der Waals surface area contributed by atoms with Gasteiger partial charge in [-0.2, -0.15) is 0 Å². The fraction of sp³-hybridized carbons (Fsp3) is 0.467. The van der Waals surface area contributed by atoms with Crippen LogP contribution in [0.2, 0.25) is 0 Å². The molecule has 0 spiro atoms. The summed E-state index contributed by atoms with van der Waals surface area (Å²) >= 11 is 1.44. The normalized spacial score (nSPS) is 13.1. The highest BCUT2D eigenvalue weighted by Gasteiger charge is 2.32. The molecule has 2 rings (SSSR count). The number of nitrogens with one attached hydrogen (secondary N) is 1. The summed E-state index contributed by atoms with van der Waals surface area (Å²) in [4.78, 5) is 15.6. The van der Waals surface area contributed by atoms with Gasteiger partial charge in [-0.1, -0.05) is 0 Å². The Kier molecular flexibility index (Phi) is 4.67. The highest BCUT2D eigenvalue weighted by atomic mass is 32.1. The Morgan fingerprint density at radius 3 is 2.95 bits per heavy atom. The molecule has 0 radical (unpaired) electrons. The first kappa shape index (κ1) is 15.6. The molecule has 0 aliphatic heterocycles. The number of hydrogen-bond acceptors (Lipinski definition) is 5. The van der Waals surface area contributed by atoms with E-state index < -0.39 is 11.4 Å². The predicted octanol–water partition coefficient (Wildman–Crippen LogP) is 3.53. The van der Waals surface area contributed by atoms with E-state index in [1.54, 1.807) is 25.5 Å². The van der Waals surface area contributed by atoms with E-state index in [2.05, 4.69) is 17.2 Å². The molecule has 0 saturated carbocycles. The second-order valence-electron chi connectivity index (χ2n) is 5.63. The van der Waals surface area contributed by atoms with Crippen LogP contribution in [0.1, 0.15) is 38.6 Å². The summed E-state index contributed by atoms with van der Waals surface area (Å²) in [6.45, 7) is 5.40. The zero-order valence-corrected chi connectivity index (χ0v) is 13.2. The molecule has 1 atom stereocenters. The molecule has 2 N–H and O–H groups in total. The number of carboxylic acid groups (broad SMARTS) is 1. The second kappa shape index (κ2) is 6.30. The van der Waals surface area contributed by atoms with E-state index in [9.17, 15) is 9.90 Å². The van der Waals surface area contributed by atoms with Gasteiger partial charge in [-0.05, 0) is 39.3 Å². The van der Waals surface area contributed by atoms with Gasteiger partial charge >= 0.3 is 5.97 Å². The molecule has 2 aromatic heterocycles. The van der Waals surface area contributed by atoms with Crippen molar-refractivity contribution in [1.82, 2.24) is 4.98 Å². The van der Waals surface area contributed by atoms with Crippen molar-refractivity contribution in [3.8, 4) is 0 Å². The molecule has 0 fully saturated rings. The van der Waals surface area contributed by atoms with E-state index in [0.29, 0.717) is 5.69 Å². The van der Waals surface area contributed by atoms with Crippen LogP contribution in [-0.2, 0) is 16.6 Å². The maximum absolute atomic E-state index is 11.2. The Bertz CT molecular complexity index is 590. The molecule has 0 bridgehead atoms. The number of furan rings is 1. The Morgan fingerprint density at radius 2 is 2.33 bits per heavy atom. The van der Waals surface area contributed by atoms with Gasteiger partial charge in [0.2, 0.25) is 0 Å². The molecule has 2 aromatic rings. The van der Waals surface area contributed by atoms with Gasteiger partial charge in [0.15, 0.2) is 5.13 Å². The monoisotopic (exact) mass is 308 g/mol. The third-order valence-electron chi connectivity index (χ3n) is 3.45. The van der Waals surface area contributed by atoms with Crippen LogP contribution >= 0.6 is 11.3 Å². The molecule has 114 valence electrons. The van der Waals surface area contributed by atoms with Gasteiger partial charge in [-0.15, -0.1) is 11.3 Å². The van der Waals surface area contributed by atoms with Gasteiger partial charge in [0.1, 0.15) is 11.2 Å². The Morgan fingerprint density at radius 1 is 1.57 bits per heavy atom. The molecule has 2 heterocycles. The molecule has 1 unspecified atom stereocenters. The van der Waals surface area contributed by atoms with Crippen molar-refractivity contribution in [2.24, 2.45) is 0 Å². The van der Waals surface area contributed by atoms with Gasteiger partial charge in [-0.25, -0.2) is 4.98 Å². The van der Waals surface area contributed by atoms with Gasteiger partial charge < -0.3 is 14.8 Å². The average molecular weight is 308 g/mol. The van der Waals surface area contributed by atoms with E-state index in [1.165, 1.54) is 11.3 Å². The fourth-order valence-electron chi connectivity index (χ4n) is 1.83. The first-order valence-electron chi connectivity index (χ1n) is 6.88. The molecule has 0 amide bonds. The SMILES string of the molecule is CC(CCc1ccco1)Nc1nc(C(C)(C)C(=O)O)cs1. The molecular weight excluding hydrogens is 288 g/mol. The average Bonchev–Trinajstić information content (AvgIpc) is 3.07. The van der Waals surface area contributed by atoms with Crippen molar-refractivity contribution in [2.75, 3.05) is 5.32 Å². The van der Waals surface area contributed by atoms with Crippen LogP contribution in [0, 0.1) is 0 Å². The Labute approximate surface area is 128 Å². The number of aliphatic carboxylic acids is 1. The van der Waals surface area contributed by atoms with Crippen LogP contribution in [0.15, 0.2) is 28.2 Å². The topological polar surface area (TPSA) is 75.4 Å². The van der Waals surface area contributed by atoms with E-state index in [0.717, 1.165) is 23.7 Å². The Balaban J connectivity index is 1.91. The van der Waals surface area contributed by atoms with Crippen molar-refractivity contribution in [2.45, 2.75) is 45.1 Å². The lowest BCUT2D eigenvalue weighted by molar-refractivity contribution is -0.142. The summed E-state index contributed by atoms with van der Waals surface area (Å²) in [5.41, 5.74) is -0.380. The largest absolute Gasteiger partial charge is 0.481 e. The van der Waals surface area contributed by atoms with Crippen molar-refractivity contribution in [1.29, 1.82) is 0 Å². The maximum atomic E-state index is 11.2. The number of aromatic nitrogens is 1. The highest BCUT2D eigenvalue weighted by molar-refractivity contribution is 7.13. The summed E-state index contributed by atoms with van der Waals surface area (Å²) in [6, 6.07) is 4.08. The number of nitrogens with zero attached hydrogens (tertiary/aromatic N) is 1. The standard InChI is InChI=1S/C15H20N2O3S/c1-10(6-7-11-5-4-8-20-11)16-14-17-12(9-21-14)15(2,3)13(18)19/h4-5,8-10H,6-7H2,1-3H3,(H,16,17)(H,18,19). The minimum Gasteiger partial charge on any atom is -0.481 e. The number of hydrogen-bond donors (Lipinski definition) is 2. The fourth-order valence-corrected chi connectivity index (χ4v) is 2.82. The lowest BCUT2D eigenvalue weighted by Crippen LogP contribution is -2.29. The third kappa shape index (κ3) is 3.85. The summed E-state index contributed by atoms with van der Waals surface area (Å²) in [7, 11) is 0. The van der Waals surface area contributed by atoms with Crippen LogP contribution in [0.25, 0.3) is 0 Å². The summed E-state index contributed by atoms with van der Waals surface area (Å²) in [5.74, 6) is 0.0979. The number of rotatable bonds is 7. The zero-order chi connectivity index (χ0) is 15.5. The smallest absolute Gasteiger partial charge is 0.315 e. The molecular formula is C15H20N2O3S. The van der Waals surface area contributed by atoms with Crippen LogP contribution in [0.5, 0.6) is 0 Å². The molecule has 0 aliphatic carbocycles. The van der Waals surface area contributed by atoms with E-state index >= 15 is 0 Å². The van der Waals surface area contributed by atoms with Crippen molar-refractivity contribution in [3.63, 3.8) is 0 Å². The van der Waals surface area contributed by atoms with Crippen molar-refractivity contribution >= 4 is 22.4 Å². The molecule has 0 aliphatic rings. The minimum atomic E-state index is -0.964.